The number of benzene rings is 1. The summed E-state index contributed by atoms with van der Waals surface area (Å²) < 4.78 is 7.03. The molecule has 1 aliphatic heterocycles. The molecular weight excluding hydrogens is 276 g/mol. The third-order valence-electron chi connectivity index (χ3n) is 4.99. The Kier molecular flexibility index (Phi) is 3.96. The number of ether oxygens (including phenoxy) is 1. The van der Waals surface area contributed by atoms with Gasteiger partial charge in [-0.3, -0.25) is 9.69 Å². The van der Waals surface area contributed by atoms with Crippen molar-refractivity contribution in [3.63, 3.8) is 0 Å². The summed E-state index contributed by atoms with van der Waals surface area (Å²) in [7, 11) is 3.56. The van der Waals surface area contributed by atoms with Crippen LogP contribution in [0.5, 0.6) is 0 Å². The Morgan fingerprint density at radius 2 is 1.95 bits per heavy atom. The predicted molar refractivity (Wildman–Crippen MR) is 87.8 cm³/mol. The quantitative estimate of drug-likeness (QED) is 0.814. The summed E-state index contributed by atoms with van der Waals surface area (Å²) in [4.78, 5) is 13.9. The highest BCUT2D eigenvalue weighted by Crippen LogP contribution is 2.32. The van der Waals surface area contributed by atoms with E-state index in [1.54, 1.807) is 0 Å². The van der Waals surface area contributed by atoms with E-state index in [1.165, 1.54) is 40.4 Å². The van der Waals surface area contributed by atoms with E-state index in [1.807, 2.05) is 0 Å². The van der Waals surface area contributed by atoms with E-state index in [2.05, 4.69) is 42.5 Å². The van der Waals surface area contributed by atoms with Crippen LogP contribution in [-0.2, 0) is 36.1 Å². The van der Waals surface area contributed by atoms with Crippen LogP contribution in [0.3, 0.4) is 0 Å². The Balaban J connectivity index is 2.02. The third-order valence-corrected chi connectivity index (χ3v) is 4.99. The van der Waals surface area contributed by atoms with Gasteiger partial charge in [-0.25, -0.2) is 0 Å². The molecule has 0 unspecified atom stereocenters. The van der Waals surface area contributed by atoms with Crippen LogP contribution in [0.2, 0.25) is 0 Å². The van der Waals surface area contributed by atoms with Gasteiger partial charge in [-0.2, -0.15) is 0 Å². The zero-order valence-electron chi connectivity index (χ0n) is 13.9. The van der Waals surface area contributed by atoms with Gasteiger partial charge in [0, 0.05) is 43.2 Å². The van der Waals surface area contributed by atoms with Crippen LogP contribution >= 0.6 is 0 Å². The molecule has 0 N–H and O–H groups in total. The molecule has 0 aliphatic carbocycles. The normalized spacial score (nSPS) is 14.5. The molecule has 1 aliphatic rings. The van der Waals surface area contributed by atoms with Crippen LogP contribution in [0, 0.1) is 6.92 Å². The van der Waals surface area contributed by atoms with Crippen molar-refractivity contribution in [1.82, 2.24) is 9.47 Å². The van der Waals surface area contributed by atoms with Crippen molar-refractivity contribution in [3.8, 4) is 0 Å². The molecule has 1 aromatic heterocycles. The lowest BCUT2D eigenvalue weighted by atomic mass is 10.0. The third kappa shape index (κ3) is 2.41. The van der Waals surface area contributed by atoms with Crippen molar-refractivity contribution >= 4 is 16.9 Å². The second-order valence-corrected chi connectivity index (χ2v) is 6.14. The summed E-state index contributed by atoms with van der Waals surface area (Å²) in [5, 5.41) is 1.29. The highest BCUT2D eigenvalue weighted by Gasteiger charge is 2.21. The Bertz CT molecular complexity index is 730. The summed E-state index contributed by atoms with van der Waals surface area (Å²) in [6, 6.07) is 4.66. The molecule has 0 saturated carbocycles. The van der Waals surface area contributed by atoms with E-state index in [-0.39, 0.29) is 5.97 Å². The number of hydrogen-bond donors (Lipinski definition) is 0. The molecule has 4 heteroatoms. The summed E-state index contributed by atoms with van der Waals surface area (Å²) in [5.41, 5.74) is 6.67. The smallest absolute Gasteiger partial charge is 0.305 e. The van der Waals surface area contributed by atoms with Crippen molar-refractivity contribution in [2.45, 2.75) is 39.8 Å². The fraction of sp³-hybridized carbons (Fsp3) is 0.500. The maximum Gasteiger partial charge on any atom is 0.305 e. The van der Waals surface area contributed by atoms with Crippen molar-refractivity contribution in [2.24, 2.45) is 7.05 Å². The molecule has 4 nitrogen and oxygen atoms in total. The summed E-state index contributed by atoms with van der Waals surface area (Å²) in [6.07, 6.45) is 1.18. The van der Waals surface area contributed by atoms with E-state index in [4.69, 9.17) is 4.74 Å². The average Bonchev–Trinajstić information content (AvgIpc) is 3.03. The number of rotatable bonds is 4. The van der Waals surface area contributed by atoms with Crippen LogP contribution in [0.1, 0.15) is 35.7 Å². The summed E-state index contributed by atoms with van der Waals surface area (Å²) in [5.74, 6) is -0.144. The lowest BCUT2D eigenvalue weighted by Gasteiger charge is -2.09. The minimum absolute atomic E-state index is 0.144. The zero-order chi connectivity index (χ0) is 15.9. The van der Waals surface area contributed by atoms with Gasteiger partial charge in [-0.15, -0.1) is 0 Å². The largest absolute Gasteiger partial charge is 0.469 e. The van der Waals surface area contributed by atoms with Crippen LogP contribution in [0.4, 0.5) is 0 Å². The van der Waals surface area contributed by atoms with Gasteiger partial charge in [0.25, 0.3) is 0 Å². The molecule has 0 saturated heterocycles. The Morgan fingerprint density at radius 1 is 1.27 bits per heavy atom. The lowest BCUT2D eigenvalue weighted by Crippen LogP contribution is -2.14. The summed E-state index contributed by atoms with van der Waals surface area (Å²) in [6.45, 7) is 7.50. The molecule has 1 aromatic carbocycles. The van der Waals surface area contributed by atoms with E-state index < -0.39 is 0 Å². The van der Waals surface area contributed by atoms with E-state index in [0.717, 1.165) is 26.1 Å². The highest BCUT2D eigenvalue weighted by molar-refractivity contribution is 5.87. The van der Waals surface area contributed by atoms with E-state index >= 15 is 0 Å². The van der Waals surface area contributed by atoms with Gasteiger partial charge in [-0.05, 0) is 48.7 Å². The molecule has 0 spiro atoms. The monoisotopic (exact) mass is 300 g/mol. The van der Waals surface area contributed by atoms with Gasteiger partial charge in [-0.1, -0.05) is 6.92 Å². The Hall–Kier alpha value is -1.81. The van der Waals surface area contributed by atoms with Gasteiger partial charge in [0.05, 0.1) is 7.11 Å². The highest BCUT2D eigenvalue weighted by atomic mass is 16.5. The van der Waals surface area contributed by atoms with Crippen molar-refractivity contribution in [3.05, 3.63) is 34.5 Å². The maximum atomic E-state index is 11.5. The van der Waals surface area contributed by atoms with Gasteiger partial charge >= 0.3 is 5.97 Å². The van der Waals surface area contributed by atoms with Crippen molar-refractivity contribution in [2.75, 3.05) is 13.7 Å². The van der Waals surface area contributed by atoms with Crippen LogP contribution in [0.25, 0.3) is 10.9 Å². The van der Waals surface area contributed by atoms with Crippen LogP contribution in [0.15, 0.2) is 12.1 Å². The van der Waals surface area contributed by atoms with Crippen LogP contribution in [-0.4, -0.2) is 29.1 Å². The topological polar surface area (TPSA) is 34.5 Å². The van der Waals surface area contributed by atoms with Crippen molar-refractivity contribution < 1.29 is 9.53 Å². The molecule has 0 amide bonds. The number of esters is 1. The first-order valence-electron chi connectivity index (χ1n) is 7.94. The lowest BCUT2D eigenvalue weighted by molar-refractivity contribution is -0.140. The molecule has 2 heterocycles. The number of aromatic nitrogens is 1. The first-order chi connectivity index (χ1) is 10.5. The number of nitrogens with zero attached hydrogens (tertiary/aromatic N) is 2. The molecule has 0 radical (unpaired) electrons. The Morgan fingerprint density at radius 3 is 2.59 bits per heavy atom. The number of carbonyl (C=O) groups excluding carboxylic acids is 1. The fourth-order valence-electron chi connectivity index (χ4n) is 3.47. The Labute approximate surface area is 131 Å². The molecular formula is C18H24N2O2. The first-order valence-corrected chi connectivity index (χ1v) is 7.94. The van der Waals surface area contributed by atoms with Gasteiger partial charge in [0.1, 0.15) is 0 Å². The average molecular weight is 300 g/mol. The molecule has 0 atom stereocenters. The standard InChI is InChI=1S/C18H24N2O2/c1-5-20-10-13-8-16-15(6-7-18(21)22-4)12(2)19(3)17(16)9-14(13)11-20/h8-9H,5-7,10-11H2,1-4H3. The molecule has 22 heavy (non-hydrogen) atoms. The predicted octanol–water partition coefficient (Wildman–Crippen LogP) is 2.93. The summed E-state index contributed by atoms with van der Waals surface area (Å²) >= 11 is 0. The molecule has 0 bridgehead atoms. The van der Waals surface area contributed by atoms with Gasteiger partial charge in [0.2, 0.25) is 0 Å². The molecule has 2 aromatic rings. The molecule has 3 rings (SSSR count). The minimum atomic E-state index is -0.144. The second-order valence-electron chi connectivity index (χ2n) is 6.14. The fourth-order valence-corrected chi connectivity index (χ4v) is 3.47. The zero-order valence-corrected chi connectivity index (χ0v) is 13.9. The van der Waals surface area contributed by atoms with Crippen molar-refractivity contribution in [1.29, 1.82) is 0 Å². The van der Waals surface area contributed by atoms with Crippen LogP contribution < -0.4 is 0 Å². The number of fused-ring (bicyclic) bond motifs is 2. The number of methoxy groups -OCH3 is 1. The van der Waals surface area contributed by atoms with Gasteiger partial charge < -0.3 is 9.30 Å². The number of aryl methyl sites for hydroxylation is 2. The number of hydrogen-bond acceptors (Lipinski definition) is 3. The SMILES string of the molecule is CCN1Cc2cc3c(CCC(=O)OC)c(C)n(C)c3cc2C1. The van der Waals surface area contributed by atoms with E-state index in [9.17, 15) is 4.79 Å². The second kappa shape index (κ2) is 5.76. The molecule has 0 fully saturated rings. The maximum absolute atomic E-state index is 11.5. The minimum Gasteiger partial charge on any atom is -0.469 e. The first kappa shape index (κ1) is 15.1. The molecule has 118 valence electrons. The number of carbonyl (C=O) groups is 1. The van der Waals surface area contributed by atoms with E-state index in [0.29, 0.717) is 6.42 Å². The van der Waals surface area contributed by atoms with Gasteiger partial charge in [0.15, 0.2) is 0 Å².